The number of ether oxygens (including phenoxy) is 1. The summed E-state index contributed by atoms with van der Waals surface area (Å²) in [5.74, 6) is -0.221. The van der Waals surface area contributed by atoms with Gasteiger partial charge in [0, 0.05) is 33.4 Å². The molecule has 0 aliphatic carbocycles. The third-order valence-electron chi connectivity index (χ3n) is 4.02. The van der Waals surface area contributed by atoms with Gasteiger partial charge in [-0.05, 0) is 42.5 Å². The molecule has 0 bridgehead atoms. The first-order chi connectivity index (χ1) is 13.0. The first-order valence-electron chi connectivity index (χ1n) is 8.25. The van der Waals surface area contributed by atoms with Gasteiger partial charge in [-0.3, -0.25) is 0 Å². The van der Waals surface area contributed by atoms with E-state index >= 15 is 0 Å². The minimum atomic E-state index is -0.946. The lowest BCUT2D eigenvalue weighted by Crippen LogP contribution is -2.04. The molecule has 0 saturated carbocycles. The van der Waals surface area contributed by atoms with Crippen LogP contribution in [0.1, 0.15) is 21.5 Å². The smallest absolute Gasteiger partial charge is 0.335 e. The molecule has 0 fully saturated rings. The molecule has 0 heterocycles. The maximum atomic E-state index is 10.9. The van der Waals surface area contributed by atoms with Gasteiger partial charge in [-0.15, -0.1) is 0 Å². The van der Waals surface area contributed by atoms with Gasteiger partial charge in [-0.25, -0.2) is 4.79 Å². The molecule has 3 rings (SSSR count). The van der Waals surface area contributed by atoms with E-state index in [4.69, 9.17) is 33.0 Å². The number of hydrogen-bond acceptors (Lipinski definition) is 3. The average molecular weight is 402 g/mol. The van der Waals surface area contributed by atoms with Gasteiger partial charge in [-0.2, -0.15) is 0 Å². The predicted molar refractivity (Wildman–Crippen MR) is 108 cm³/mol. The number of para-hydroxylation sites is 1. The largest absolute Gasteiger partial charge is 0.488 e. The van der Waals surface area contributed by atoms with E-state index in [0.717, 1.165) is 22.6 Å². The minimum Gasteiger partial charge on any atom is -0.488 e. The topological polar surface area (TPSA) is 58.6 Å². The molecular weight excluding hydrogens is 385 g/mol. The molecule has 0 spiro atoms. The molecule has 0 amide bonds. The molecule has 4 nitrogen and oxygen atoms in total. The summed E-state index contributed by atoms with van der Waals surface area (Å²) in [6.07, 6.45) is 0. The van der Waals surface area contributed by atoms with Crippen LogP contribution in [0.4, 0.5) is 5.69 Å². The molecule has 27 heavy (non-hydrogen) atoms. The first kappa shape index (κ1) is 19.1. The summed E-state index contributed by atoms with van der Waals surface area (Å²) in [5.41, 5.74) is 2.78. The van der Waals surface area contributed by atoms with Crippen LogP contribution < -0.4 is 10.1 Å². The van der Waals surface area contributed by atoms with Crippen LogP contribution in [0.15, 0.2) is 66.7 Å². The third-order valence-corrected chi connectivity index (χ3v) is 4.73. The van der Waals surface area contributed by atoms with E-state index in [1.54, 1.807) is 42.5 Å². The normalized spacial score (nSPS) is 10.4. The van der Waals surface area contributed by atoms with Gasteiger partial charge < -0.3 is 15.2 Å². The van der Waals surface area contributed by atoms with Gasteiger partial charge in [0.05, 0.1) is 5.56 Å². The molecule has 0 aromatic heterocycles. The fourth-order valence-corrected chi connectivity index (χ4v) is 3.05. The van der Waals surface area contributed by atoms with E-state index < -0.39 is 5.97 Å². The van der Waals surface area contributed by atoms with Crippen molar-refractivity contribution in [3.05, 3.63) is 93.5 Å². The van der Waals surface area contributed by atoms with Crippen molar-refractivity contribution in [1.82, 2.24) is 0 Å². The molecule has 3 aromatic rings. The first-order valence-corrected chi connectivity index (χ1v) is 9.01. The van der Waals surface area contributed by atoms with Gasteiger partial charge in [0.25, 0.3) is 0 Å². The zero-order chi connectivity index (χ0) is 19.2. The average Bonchev–Trinajstić information content (AvgIpc) is 2.67. The number of carbonyl (C=O) groups is 1. The van der Waals surface area contributed by atoms with Crippen LogP contribution in [0.25, 0.3) is 0 Å². The van der Waals surface area contributed by atoms with E-state index in [-0.39, 0.29) is 12.2 Å². The number of benzene rings is 3. The van der Waals surface area contributed by atoms with Crippen molar-refractivity contribution in [1.29, 1.82) is 0 Å². The highest BCUT2D eigenvalue weighted by Gasteiger charge is 2.09. The number of rotatable bonds is 7. The maximum absolute atomic E-state index is 10.9. The monoisotopic (exact) mass is 401 g/mol. The summed E-state index contributed by atoms with van der Waals surface area (Å²) in [7, 11) is 0. The Morgan fingerprint density at radius 3 is 2.26 bits per heavy atom. The fraction of sp³-hybridized carbons (Fsp3) is 0.0952. The van der Waals surface area contributed by atoms with Crippen LogP contribution in [0.5, 0.6) is 5.75 Å². The number of carboxylic acid groups (broad SMARTS) is 1. The fourth-order valence-electron chi connectivity index (χ4n) is 2.54. The highest BCUT2D eigenvalue weighted by atomic mass is 35.5. The second kappa shape index (κ2) is 8.80. The molecular formula is C21H17Cl2NO3. The van der Waals surface area contributed by atoms with Crippen molar-refractivity contribution in [2.45, 2.75) is 13.2 Å². The lowest BCUT2D eigenvalue weighted by atomic mass is 10.1. The number of anilines is 1. The second-order valence-corrected chi connectivity index (χ2v) is 6.65. The van der Waals surface area contributed by atoms with Crippen LogP contribution in [0.2, 0.25) is 10.0 Å². The Kier molecular flexibility index (Phi) is 6.22. The zero-order valence-corrected chi connectivity index (χ0v) is 15.8. The standard InChI is InChI=1S/C21H17Cl2NO3/c22-18-5-3-6-19(23)17(18)13-27-20-7-2-1-4-15(20)12-24-16-10-8-14(9-11-16)21(25)26/h1-11,24H,12-13H2,(H,25,26). The van der Waals surface area contributed by atoms with Crippen molar-refractivity contribution in [2.24, 2.45) is 0 Å². The van der Waals surface area contributed by atoms with Crippen molar-refractivity contribution < 1.29 is 14.6 Å². The van der Waals surface area contributed by atoms with Crippen molar-refractivity contribution in [3.8, 4) is 5.75 Å². The van der Waals surface area contributed by atoms with Crippen LogP contribution in [-0.2, 0) is 13.2 Å². The summed E-state index contributed by atoms with van der Waals surface area (Å²) >= 11 is 12.4. The Labute approximate surface area is 167 Å². The third kappa shape index (κ3) is 4.94. The minimum absolute atomic E-state index is 0.251. The molecule has 0 aliphatic rings. The van der Waals surface area contributed by atoms with Gasteiger partial charge >= 0.3 is 5.97 Å². The van der Waals surface area contributed by atoms with Gasteiger partial charge in [0.2, 0.25) is 0 Å². The highest BCUT2D eigenvalue weighted by molar-refractivity contribution is 6.35. The molecule has 0 unspecified atom stereocenters. The van der Waals surface area contributed by atoms with Crippen LogP contribution in [0.3, 0.4) is 0 Å². The molecule has 0 atom stereocenters. The van der Waals surface area contributed by atoms with E-state index in [0.29, 0.717) is 16.6 Å². The number of carboxylic acids is 1. The number of aromatic carboxylic acids is 1. The molecule has 2 N–H and O–H groups in total. The van der Waals surface area contributed by atoms with Gasteiger partial charge in [-0.1, -0.05) is 47.5 Å². The molecule has 0 radical (unpaired) electrons. The van der Waals surface area contributed by atoms with Crippen molar-refractivity contribution in [3.63, 3.8) is 0 Å². The molecule has 0 aliphatic heterocycles. The maximum Gasteiger partial charge on any atom is 0.335 e. The zero-order valence-electron chi connectivity index (χ0n) is 14.3. The molecule has 3 aromatic carbocycles. The molecule has 6 heteroatoms. The SMILES string of the molecule is O=C(O)c1ccc(NCc2ccccc2OCc2c(Cl)cccc2Cl)cc1. The molecule has 138 valence electrons. The predicted octanol–water partition coefficient (Wildman–Crippen LogP) is 5.88. The Balaban J connectivity index is 1.68. The number of nitrogens with one attached hydrogen (secondary N) is 1. The molecule has 0 saturated heterocycles. The Hall–Kier alpha value is -2.69. The Bertz CT molecular complexity index is 922. The van der Waals surface area contributed by atoms with Crippen LogP contribution >= 0.6 is 23.2 Å². The lowest BCUT2D eigenvalue weighted by molar-refractivity contribution is 0.0697. The van der Waals surface area contributed by atoms with Crippen LogP contribution in [0, 0.1) is 0 Å². The summed E-state index contributed by atoms with van der Waals surface area (Å²) in [6, 6.07) is 19.6. The number of halogens is 2. The van der Waals surface area contributed by atoms with E-state index in [1.165, 1.54) is 0 Å². The van der Waals surface area contributed by atoms with E-state index in [2.05, 4.69) is 5.32 Å². The Morgan fingerprint density at radius 2 is 1.59 bits per heavy atom. The lowest BCUT2D eigenvalue weighted by Gasteiger charge is -2.14. The number of hydrogen-bond donors (Lipinski definition) is 2. The van der Waals surface area contributed by atoms with E-state index in [1.807, 2.05) is 24.3 Å². The summed E-state index contributed by atoms with van der Waals surface area (Å²) in [4.78, 5) is 10.9. The summed E-state index contributed by atoms with van der Waals surface area (Å²) in [5, 5.41) is 13.4. The van der Waals surface area contributed by atoms with Crippen molar-refractivity contribution in [2.75, 3.05) is 5.32 Å². The quantitative estimate of drug-likeness (QED) is 0.518. The van der Waals surface area contributed by atoms with Gasteiger partial charge in [0.15, 0.2) is 0 Å². The van der Waals surface area contributed by atoms with Crippen LogP contribution in [-0.4, -0.2) is 11.1 Å². The van der Waals surface area contributed by atoms with E-state index in [9.17, 15) is 4.79 Å². The van der Waals surface area contributed by atoms with Crippen molar-refractivity contribution >= 4 is 34.9 Å². The highest BCUT2D eigenvalue weighted by Crippen LogP contribution is 2.27. The summed E-state index contributed by atoms with van der Waals surface area (Å²) < 4.78 is 5.94. The summed E-state index contributed by atoms with van der Waals surface area (Å²) in [6.45, 7) is 0.793. The second-order valence-electron chi connectivity index (χ2n) is 5.83. The van der Waals surface area contributed by atoms with Gasteiger partial charge in [0.1, 0.15) is 12.4 Å². The Morgan fingerprint density at radius 1 is 0.926 bits per heavy atom.